The van der Waals surface area contributed by atoms with Gasteiger partial charge in [-0.15, -0.1) is 0 Å². The first-order valence-electron chi connectivity index (χ1n) is 6.39. The minimum absolute atomic E-state index is 0.0945. The largest absolute Gasteiger partial charge is 0.330 e. The molecule has 20 heavy (non-hydrogen) atoms. The molecule has 0 fully saturated rings. The molecule has 1 atom stereocenters. The van der Waals surface area contributed by atoms with Crippen molar-refractivity contribution in [2.24, 2.45) is 5.73 Å². The molecule has 1 heterocycles. The Morgan fingerprint density at radius 3 is 2.30 bits per heavy atom. The predicted octanol–water partition coefficient (Wildman–Crippen LogP) is 2.45. The molecule has 0 saturated carbocycles. The molecule has 5 heteroatoms. The van der Waals surface area contributed by atoms with Gasteiger partial charge >= 0.3 is 0 Å². The lowest BCUT2D eigenvalue weighted by Gasteiger charge is -2.28. The molecule has 0 saturated heterocycles. The number of hydrogen-bond donors (Lipinski definition) is 1. The van der Waals surface area contributed by atoms with Crippen molar-refractivity contribution in [2.45, 2.75) is 18.8 Å². The monoisotopic (exact) mass is 271 g/mol. The van der Waals surface area contributed by atoms with E-state index < -0.39 is 4.92 Å². The van der Waals surface area contributed by atoms with E-state index in [0.717, 1.165) is 17.5 Å². The van der Waals surface area contributed by atoms with Crippen molar-refractivity contribution in [3.05, 3.63) is 70.0 Å². The van der Waals surface area contributed by atoms with Crippen LogP contribution in [-0.4, -0.2) is 16.5 Å². The van der Waals surface area contributed by atoms with Crippen LogP contribution in [0.25, 0.3) is 0 Å². The molecule has 2 N–H and O–H groups in total. The Hall–Kier alpha value is -2.27. The summed E-state index contributed by atoms with van der Waals surface area (Å²) in [6.07, 6.45) is 4.27. The number of pyridine rings is 1. The number of hydrogen-bond acceptors (Lipinski definition) is 4. The lowest BCUT2D eigenvalue weighted by molar-refractivity contribution is -0.384. The van der Waals surface area contributed by atoms with Gasteiger partial charge in [0.05, 0.1) is 4.92 Å². The summed E-state index contributed by atoms with van der Waals surface area (Å²) in [4.78, 5) is 14.3. The highest BCUT2D eigenvalue weighted by molar-refractivity contribution is 5.37. The van der Waals surface area contributed by atoms with Gasteiger partial charge in [0.25, 0.3) is 5.69 Å². The average Bonchev–Trinajstić information content (AvgIpc) is 2.48. The maximum absolute atomic E-state index is 10.7. The molecule has 1 unspecified atom stereocenters. The minimum Gasteiger partial charge on any atom is -0.330 e. The van der Waals surface area contributed by atoms with E-state index in [0.29, 0.717) is 6.54 Å². The van der Waals surface area contributed by atoms with Gasteiger partial charge < -0.3 is 5.73 Å². The van der Waals surface area contributed by atoms with Gasteiger partial charge in [-0.2, -0.15) is 0 Å². The molecule has 1 aromatic heterocycles. The molecule has 0 aliphatic rings. The van der Waals surface area contributed by atoms with Crippen molar-refractivity contribution >= 4 is 5.69 Å². The summed E-state index contributed by atoms with van der Waals surface area (Å²) in [5.41, 5.74) is 7.92. The zero-order valence-electron chi connectivity index (χ0n) is 11.3. The molecule has 5 nitrogen and oxygen atoms in total. The van der Waals surface area contributed by atoms with E-state index >= 15 is 0 Å². The Morgan fingerprint density at radius 1 is 1.20 bits per heavy atom. The molecular weight excluding hydrogens is 254 g/mol. The zero-order chi connectivity index (χ0) is 14.6. The van der Waals surface area contributed by atoms with Gasteiger partial charge in [-0.05, 0) is 29.7 Å². The van der Waals surface area contributed by atoms with Crippen LogP contribution in [0.3, 0.4) is 0 Å². The van der Waals surface area contributed by atoms with E-state index in [4.69, 9.17) is 5.73 Å². The first kappa shape index (κ1) is 14.1. The van der Waals surface area contributed by atoms with Crippen LogP contribution in [0.2, 0.25) is 0 Å². The molecule has 0 aliphatic carbocycles. The fourth-order valence-electron chi connectivity index (χ4n) is 2.23. The SMILES string of the molecule is CC(CN)(Cc1ccncc1)c1ccc([N+](=O)[O-])cc1. The highest BCUT2D eigenvalue weighted by Crippen LogP contribution is 2.28. The Kier molecular flexibility index (Phi) is 4.10. The van der Waals surface area contributed by atoms with Crippen molar-refractivity contribution in [3.8, 4) is 0 Å². The number of benzene rings is 1. The molecule has 2 aromatic rings. The van der Waals surface area contributed by atoms with Crippen LogP contribution in [0.4, 0.5) is 5.69 Å². The lowest BCUT2D eigenvalue weighted by atomic mass is 9.77. The third-order valence-electron chi connectivity index (χ3n) is 3.57. The van der Waals surface area contributed by atoms with Gasteiger partial charge in [-0.1, -0.05) is 19.1 Å². The first-order chi connectivity index (χ1) is 9.55. The lowest BCUT2D eigenvalue weighted by Crippen LogP contribution is -2.34. The van der Waals surface area contributed by atoms with Crippen LogP contribution in [0.15, 0.2) is 48.8 Å². The van der Waals surface area contributed by atoms with Crippen LogP contribution in [0.1, 0.15) is 18.1 Å². The Labute approximate surface area is 117 Å². The molecule has 0 amide bonds. The van der Waals surface area contributed by atoms with E-state index in [9.17, 15) is 10.1 Å². The van der Waals surface area contributed by atoms with E-state index in [1.807, 2.05) is 12.1 Å². The number of aromatic nitrogens is 1. The van der Waals surface area contributed by atoms with Crippen molar-refractivity contribution in [2.75, 3.05) is 6.54 Å². The number of nitro groups is 1. The van der Waals surface area contributed by atoms with Crippen LogP contribution in [0.5, 0.6) is 0 Å². The molecule has 1 aromatic carbocycles. The van der Waals surface area contributed by atoms with Crippen molar-refractivity contribution in [3.63, 3.8) is 0 Å². The van der Waals surface area contributed by atoms with Crippen LogP contribution in [-0.2, 0) is 11.8 Å². The second kappa shape index (κ2) is 5.79. The van der Waals surface area contributed by atoms with Gasteiger partial charge in [-0.3, -0.25) is 15.1 Å². The number of nitrogens with two attached hydrogens (primary N) is 1. The van der Waals surface area contributed by atoms with E-state index in [1.165, 1.54) is 12.1 Å². The summed E-state index contributed by atoms with van der Waals surface area (Å²) >= 11 is 0. The van der Waals surface area contributed by atoms with Gasteiger partial charge in [0, 0.05) is 36.5 Å². The highest BCUT2D eigenvalue weighted by atomic mass is 16.6. The van der Waals surface area contributed by atoms with Gasteiger partial charge in [-0.25, -0.2) is 0 Å². The second-order valence-corrected chi connectivity index (χ2v) is 5.10. The molecule has 0 radical (unpaired) electrons. The molecule has 2 rings (SSSR count). The van der Waals surface area contributed by atoms with Crippen molar-refractivity contribution in [1.29, 1.82) is 0 Å². The number of non-ortho nitro benzene ring substituents is 1. The van der Waals surface area contributed by atoms with Gasteiger partial charge in [0.2, 0.25) is 0 Å². The van der Waals surface area contributed by atoms with Gasteiger partial charge in [0.1, 0.15) is 0 Å². The smallest absolute Gasteiger partial charge is 0.269 e. The quantitative estimate of drug-likeness (QED) is 0.669. The molecule has 0 aliphatic heterocycles. The number of rotatable bonds is 5. The molecule has 0 spiro atoms. The summed E-state index contributed by atoms with van der Waals surface area (Å²) in [6.45, 7) is 2.53. The minimum atomic E-state index is -0.396. The maximum Gasteiger partial charge on any atom is 0.269 e. The fraction of sp³-hybridized carbons (Fsp3) is 0.267. The van der Waals surface area contributed by atoms with Crippen LogP contribution in [0, 0.1) is 10.1 Å². The number of nitrogens with zero attached hydrogens (tertiary/aromatic N) is 2. The third-order valence-corrected chi connectivity index (χ3v) is 3.57. The Balaban J connectivity index is 2.28. The summed E-state index contributed by atoms with van der Waals surface area (Å²) in [5.74, 6) is 0. The van der Waals surface area contributed by atoms with E-state index in [2.05, 4.69) is 11.9 Å². The summed E-state index contributed by atoms with van der Waals surface area (Å²) in [5, 5.41) is 10.7. The molecular formula is C15H17N3O2. The summed E-state index contributed by atoms with van der Waals surface area (Å²) in [6, 6.07) is 10.5. The van der Waals surface area contributed by atoms with Gasteiger partial charge in [0.15, 0.2) is 0 Å². The summed E-state index contributed by atoms with van der Waals surface area (Å²) < 4.78 is 0. The van der Waals surface area contributed by atoms with Crippen molar-refractivity contribution in [1.82, 2.24) is 4.98 Å². The predicted molar refractivity (Wildman–Crippen MR) is 77.4 cm³/mol. The highest BCUT2D eigenvalue weighted by Gasteiger charge is 2.26. The second-order valence-electron chi connectivity index (χ2n) is 5.10. The fourth-order valence-corrected chi connectivity index (χ4v) is 2.23. The first-order valence-corrected chi connectivity index (χ1v) is 6.39. The normalized spacial score (nSPS) is 13.7. The van der Waals surface area contributed by atoms with Crippen molar-refractivity contribution < 1.29 is 4.92 Å². The van der Waals surface area contributed by atoms with Crippen LogP contribution < -0.4 is 5.73 Å². The standard InChI is InChI=1S/C15H17N3O2/c1-15(11-16,10-12-6-8-17-9-7-12)13-2-4-14(5-3-13)18(19)20/h2-9H,10-11,16H2,1H3. The third kappa shape index (κ3) is 3.00. The number of nitro benzene ring substituents is 1. The molecule has 0 bridgehead atoms. The average molecular weight is 271 g/mol. The van der Waals surface area contributed by atoms with E-state index in [1.54, 1.807) is 24.5 Å². The van der Waals surface area contributed by atoms with E-state index in [-0.39, 0.29) is 11.1 Å². The van der Waals surface area contributed by atoms with Crippen LogP contribution >= 0.6 is 0 Å². The Morgan fingerprint density at radius 2 is 1.80 bits per heavy atom. The Bertz CT molecular complexity index is 584. The maximum atomic E-state index is 10.7. The molecule has 104 valence electrons. The topological polar surface area (TPSA) is 82.0 Å². The zero-order valence-corrected chi connectivity index (χ0v) is 11.3. The summed E-state index contributed by atoms with van der Waals surface area (Å²) in [7, 11) is 0.